The van der Waals surface area contributed by atoms with Gasteiger partial charge in [-0.25, -0.2) is 4.79 Å². The number of aromatic nitrogens is 2. The van der Waals surface area contributed by atoms with Gasteiger partial charge in [-0.1, -0.05) is 22.0 Å². The maximum absolute atomic E-state index is 13.2. The maximum Gasteiger partial charge on any atom is 0.333 e. The van der Waals surface area contributed by atoms with Crippen molar-refractivity contribution in [2.24, 2.45) is 20.0 Å². The Balaban J connectivity index is 2.62. The lowest BCUT2D eigenvalue weighted by molar-refractivity contribution is -0.120. The van der Waals surface area contributed by atoms with E-state index in [4.69, 9.17) is 0 Å². The molecule has 1 aromatic carbocycles. The molecule has 9 nitrogen and oxygen atoms in total. The Morgan fingerprint density at radius 1 is 1.18 bits per heavy atom. The number of aryl methyl sites for hydroxylation is 1. The fraction of sp³-hybridized carbons (Fsp3) is 0.278. The number of nitriles is 2. The van der Waals surface area contributed by atoms with Crippen LogP contribution in [0.2, 0.25) is 0 Å². The van der Waals surface area contributed by atoms with Gasteiger partial charge in [0.15, 0.2) is 5.92 Å². The van der Waals surface area contributed by atoms with Crippen LogP contribution in [0.15, 0.2) is 26.2 Å². The molecule has 0 fully saturated rings. The molecule has 1 unspecified atom stereocenters. The Hall–Kier alpha value is -3.37. The Morgan fingerprint density at radius 3 is 2.36 bits per heavy atom. The molecule has 0 radical (unpaired) electrons. The Kier molecular flexibility index (Phi) is 4.40. The summed E-state index contributed by atoms with van der Waals surface area (Å²) in [6, 6.07) is 6.70. The number of halogens is 1. The fourth-order valence-electron chi connectivity index (χ4n) is 3.53. The number of aromatic hydroxyl groups is 1. The first-order valence-corrected chi connectivity index (χ1v) is 8.82. The van der Waals surface area contributed by atoms with Crippen LogP contribution < -0.4 is 16.6 Å². The van der Waals surface area contributed by atoms with Gasteiger partial charge in [0.25, 0.3) is 5.56 Å². The second-order valence-corrected chi connectivity index (χ2v) is 7.36. The van der Waals surface area contributed by atoms with Gasteiger partial charge in [0.1, 0.15) is 11.0 Å². The molecule has 10 heteroatoms. The van der Waals surface area contributed by atoms with Gasteiger partial charge < -0.3 is 10.4 Å². The number of carbonyl (C=O) groups excluding carboxylic acids is 1. The lowest BCUT2D eigenvalue weighted by atomic mass is 9.67. The van der Waals surface area contributed by atoms with Crippen molar-refractivity contribution in [3.8, 4) is 18.0 Å². The first-order chi connectivity index (χ1) is 13.1. The van der Waals surface area contributed by atoms with Crippen LogP contribution in [-0.4, -0.2) is 20.1 Å². The third-order valence-corrected chi connectivity index (χ3v) is 5.90. The highest BCUT2D eigenvalue weighted by molar-refractivity contribution is 9.10. The summed E-state index contributed by atoms with van der Waals surface area (Å²) < 4.78 is 2.19. The van der Waals surface area contributed by atoms with Gasteiger partial charge in [0.2, 0.25) is 11.8 Å². The van der Waals surface area contributed by atoms with Crippen molar-refractivity contribution < 1.29 is 9.90 Å². The minimum Gasteiger partial charge on any atom is -0.494 e. The van der Waals surface area contributed by atoms with E-state index < -0.39 is 39.9 Å². The summed E-state index contributed by atoms with van der Waals surface area (Å²) in [5.41, 5.74) is -3.17. The molecule has 1 aromatic heterocycles. The first-order valence-electron chi connectivity index (χ1n) is 8.03. The van der Waals surface area contributed by atoms with Crippen molar-refractivity contribution in [2.45, 2.75) is 12.3 Å². The number of nitrogens with zero attached hydrogens (tertiary/aromatic N) is 4. The van der Waals surface area contributed by atoms with Gasteiger partial charge in [-0.2, -0.15) is 10.5 Å². The minimum absolute atomic E-state index is 0.206. The molecule has 1 aliphatic heterocycles. The topological polar surface area (TPSA) is 141 Å². The van der Waals surface area contributed by atoms with Crippen LogP contribution in [0.5, 0.6) is 5.88 Å². The highest BCUT2D eigenvalue weighted by atomic mass is 79.9. The lowest BCUT2D eigenvalue weighted by Crippen LogP contribution is -2.50. The zero-order valence-electron chi connectivity index (χ0n) is 15.1. The van der Waals surface area contributed by atoms with Crippen LogP contribution in [0, 0.1) is 35.5 Å². The van der Waals surface area contributed by atoms with Gasteiger partial charge in [0, 0.05) is 24.3 Å². The number of benzene rings is 1. The number of carbonyl (C=O) groups is 1. The van der Waals surface area contributed by atoms with Crippen LogP contribution in [0.4, 0.5) is 5.69 Å². The molecule has 2 aromatic rings. The quantitative estimate of drug-likeness (QED) is 0.701. The van der Waals surface area contributed by atoms with Crippen LogP contribution in [0.1, 0.15) is 16.7 Å². The van der Waals surface area contributed by atoms with Gasteiger partial charge in [0.05, 0.1) is 12.1 Å². The summed E-state index contributed by atoms with van der Waals surface area (Å²) in [6.45, 7) is 1.74. The number of amides is 1. The summed E-state index contributed by atoms with van der Waals surface area (Å²) >= 11 is 3.35. The Morgan fingerprint density at radius 2 is 1.79 bits per heavy atom. The normalized spacial score (nSPS) is 17.8. The number of hydrogen-bond donors (Lipinski definition) is 2. The molecule has 0 aliphatic carbocycles. The van der Waals surface area contributed by atoms with E-state index in [1.807, 2.05) is 0 Å². The summed E-state index contributed by atoms with van der Waals surface area (Å²) in [5, 5.41) is 32.5. The van der Waals surface area contributed by atoms with Crippen molar-refractivity contribution in [2.75, 3.05) is 5.32 Å². The van der Waals surface area contributed by atoms with E-state index in [2.05, 4.69) is 21.2 Å². The third-order valence-electron chi connectivity index (χ3n) is 5.05. The highest BCUT2D eigenvalue weighted by Crippen LogP contribution is 2.49. The minimum atomic E-state index is -2.10. The predicted octanol–water partition coefficient (Wildman–Crippen LogP) is 0.762. The van der Waals surface area contributed by atoms with Crippen LogP contribution in [0.3, 0.4) is 0 Å². The second kappa shape index (κ2) is 6.36. The number of nitrogens with one attached hydrogen (secondary N) is 1. The number of fused-ring (bicyclic) bond motifs is 1. The number of hydrogen-bond acceptors (Lipinski definition) is 6. The maximum atomic E-state index is 13.2. The zero-order chi connectivity index (χ0) is 21.0. The van der Waals surface area contributed by atoms with Crippen molar-refractivity contribution in [1.82, 2.24) is 9.13 Å². The van der Waals surface area contributed by atoms with E-state index >= 15 is 0 Å². The summed E-state index contributed by atoms with van der Waals surface area (Å²) in [4.78, 5) is 38.3. The van der Waals surface area contributed by atoms with E-state index in [0.717, 1.165) is 9.13 Å². The third kappa shape index (κ3) is 2.25. The molecule has 3 rings (SSSR count). The highest BCUT2D eigenvalue weighted by Gasteiger charge is 2.58. The molecule has 2 N–H and O–H groups in total. The zero-order valence-corrected chi connectivity index (χ0v) is 16.7. The molecule has 2 heterocycles. The molecule has 0 saturated carbocycles. The average Bonchev–Trinajstić information content (AvgIpc) is 2.92. The molecule has 142 valence electrons. The molecule has 0 bridgehead atoms. The molecular weight excluding hydrogens is 430 g/mol. The molecule has 0 saturated heterocycles. The van der Waals surface area contributed by atoms with Crippen LogP contribution in [-0.2, 0) is 24.3 Å². The van der Waals surface area contributed by atoms with Crippen LogP contribution in [0.25, 0.3) is 0 Å². The van der Waals surface area contributed by atoms with Gasteiger partial charge in [-0.3, -0.25) is 18.7 Å². The van der Waals surface area contributed by atoms with Gasteiger partial charge in [-0.05, 0) is 24.1 Å². The van der Waals surface area contributed by atoms with Crippen LogP contribution >= 0.6 is 15.9 Å². The summed E-state index contributed by atoms with van der Waals surface area (Å²) in [5.74, 6) is -3.21. The Bertz CT molecular complexity index is 1230. The molecule has 1 amide bonds. The lowest BCUT2D eigenvalue weighted by Gasteiger charge is -2.29. The van der Waals surface area contributed by atoms with E-state index in [1.165, 1.54) is 14.1 Å². The van der Waals surface area contributed by atoms with Crippen molar-refractivity contribution in [1.29, 1.82) is 10.5 Å². The van der Waals surface area contributed by atoms with E-state index in [-0.39, 0.29) is 5.56 Å². The molecular formula is C18H14BrN5O4. The number of anilines is 1. The smallest absolute Gasteiger partial charge is 0.333 e. The van der Waals surface area contributed by atoms with E-state index in [1.54, 1.807) is 31.2 Å². The fourth-order valence-corrected chi connectivity index (χ4v) is 3.88. The van der Waals surface area contributed by atoms with Crippen molar-refractivity contribution in [3.63, 3.8) is 0 Å². The summed E-state index contributed by atoms with van der Waals surface area (Å²) in [7, 11) is 2.42. The molecule has 28 heavy (non-hydrogen) atoms. The predicted molar refractivity (Wildman–Crippen MR) is 102 cm³/mol. The second-order valence-electron chi connectivity index (χ2n) is 6.50. The van der Waals surface area contributed by atoms with Crippen molar-refractivity contribution in [3.05, 3.63) is 54.1 Å². The molecule has 1 atom stereocenters. The van der Waals surface area contributed by atoms with Gasteiger partial charge >= 0.3 is 5.69 Å². The molecule has 0 spiro atoms. The average molecular weight is 444 g/mol. The monoisotopic (exact) mass is 443 g/mol. The Labute approximate surface area is 167 Å². The standard InChI is InChI=1S/C18H14BrN5O4/c1-8-4-10-12(5-11(8)19)22-16(27)18(10,9(6-20)7-21)13-14(25)23(2)17(28)24(3)15(13)26/h4-5,9,25H,1-3H3,(H,22,27). The van der Waals surface area contributed by atoms with Crippen molar-refractivity contribution >= 4 is 27.5 Å². The SMILES string of the molecule is Cc1cc2c(cc1Br)NC(=O)C2(c1c(O)n(C)c(=O)n(C)c1=O)C(C#N)C#N. The molecule has 1 aliphatic rings. The summed E-state index contributed by atoms with van der Waals surface area (Å²) in [6.07, 6.45) is 0. The first kappa shape index (κ1) is 19.4. The largest absolute Gasteiger partial charge is 0.494 e. The van der Waals surface area contributed by atoms with E-state index in [9.17, 15) is 30.0 Å². The van der Waals surface area contributed by atoms with Gasteiger partial charge in [-0.15, -0.1) is 0 Å². The van der Waals surface area contributed by atoms with E-state index in [0.29, 0.717) is 15.7 Å². The number of rotatable bonds is 2.